The number of nitrogens with one attached hydrogen (secondary N) is 1. The predicted molar refractivity (Wildman–Crippen MR) is 131 cm³/mol. The summed E-state index contributed by atoms with van der Waals surface area (Å²) in [6.45, 7) is 4.46. The summed E-state index contributed by atoms with van der Waals surface area (Å²) in [4.78, 5) is 38.3. The average molecular weight is 468 g/mol. The Labute approximate surface area is 200 Å². The third-order valence-electron chi connectivity index (χ3n) is 6.04. The second-order valence-electron chi connectivity index (χ2n) is 8.37. The summed E-state index contributed by atoms with van der Waals surface area (Å²) in [5, 5.41) is 11.2. The molecule has 1 saturated heterocycles. The molecule has 1 unspecified atom stereocenters. The summed E-state index contributed by atoms with van der Waals surface area (Å²) in [6, 6.07) is 15.3. The normalized spacial score (nSPS) is 17.5. The Bertz CT molecular complexity index is 951. The van der Waals surface area contributed by atoms with Crippen LogP contribution in [0.5, 0.6) is 0 Å². The van der Waals surface area contributed by atoms with Crippen molar-refractivity contribution in [2.45, 2.75) is 57.7 Å². The SMILES string of the molecule is CCOC(=O)[C@H](CCc1ccccc1)N(c1ccc(N2NCCCC2C(=O)O)cc1)[C@@H](C)C=O. The summed E-state index contributed by atoms with van der Waals surface area (Å²) in [5.41, 5.74) is 5.66. The lowest BCUT2D eigenvalue weighted by Crippen LogP contribution is -2.53. The zero-order valence-electron chi connectivity index (χ0n) is 19.7. The van der Waals surface area contributed by atoms with Gasteiger partial charge in [0.25, 0.3) is 0 Å². The highest BCUT2D eigenvalue weighted by atomic mass is 16.5. The molecule has 1 aliphatic heterocycles. The van der Waals surface area contributed by atoms with E-state index < -0.39 is 24.1 Å². The predicted octanol–water partition coefficient (Wildman–Crippen LogP) is 3.20. The van der Waals surface area contributed by atoms with Gasteiger partial charge >= 0.3 is 11.9 Å². The average Bonchev–Trinajstić information content (AvgIpc) is 2.87. The van der Waals surface area contributed by atoms with E-state index in [4.69, 9.17) is 4.74 Å². The molecule has 8 nitrogen and oxygen atoms in total. The molecule has 0 radical (unpaired) electrons. The molecule has 0 bridgehead atoms. The molecule has 0 spiro atoms. The number of ether oxygens (including phenoxy) is 1. The summed E-state index contributed by atoms with van der Waals surface area (Å²) in [5.74, 6) is -1.25. The van der Waals surface area contributed by atoms with Gasteiger partial charge in [0.15, 0.2) is 0 Å². The van der Waals surface area contributed by atoms with Crippen LogP contribution < -0.4 is 15.3 Å². The number of benzene rings is 2. The summed E-state index contributed by atoms with van der Waals surface area (Å²) in [6.07, 6.45) is 3.30. The van der Waals surface area contributed by atoms with E-state index >= 15 is 0 Å². The number of aldehydes is 1. The number of anilines is 2. The number of carbonyl (C=O) groups is 3. The first-order chi connectivity index (χ1) is 16.5. The Hall–Kier alpha value is -3.39. The highest BCUT2D eigenvalue weighted by Crippen LogP contribution is 2.28. The number of carboxylic acids is 1. The molecule has 1 fully saturated rings. The molecule has 0 aromatic heterocycles. The number of esters is 1. The molecule has 3 atom stereocenters. The van der Waals surface area contributed by atoms with Gasteiger partial charge in [0.1, 0.15) is 18.4 Å². The van der Waals surface area contributed by atoms with Gasteiger partial charge in [0.2, 0.25) is 0 Å². The smallest absolute Gasteiger partial charge is 0.328 e. The third-order valence-corrected chi connectivity index (χ3v) is 6.04. The van der Waals surface area contributed by atoms with Crippen LogP contribution in [0.2, 0.25) is 0 Å². The standard InChI is InChI=1S/C26H33N3O5/c1-3-34-26(33)24(16-11-20-8-5-4-6-9-20)28(19(2)18-30)21-12-14-22(15-13-21)29-23(25(31)32)10-7-17-27-29/h4-6,8-9,12-15,18-19,23-24,27H,3,7,10-11,16-17H2,1-2H3,(H,31,32)/t19-,23?,24-/m0/s1. The molecule has 0 aliphatic carbocycles. The molecule has 0 amide bonds. The third kappa shape index (κ3) is 6.14. The molecule has 1 aliphatic rings. The van der Waals surface area contributed by atoms with E-state index in [2.05, 4.69) is 5.43 Å². The molecule has 182 valence electrons. The number of rotatable bonds is 11. The molecule has 0 saturated carbocycles. The fraction of sp³-hybridized carbons (Fsp3) is 0.423. The van der Waals surface area contributed by atoms with Gasteiger partial charge in [-0.25, -0.2) is 15.0 Å². The van der Waals surface area contributed by atoms with Crippen molar-refractivity contribution in [1.82, 2.24) is 5.43 Å². The van der Waals surface area contributed by atoms with Crippen molar-refractivity contribution in [2.75, 3.05) is 23.1 Å². The van der Waals surface area contributed by atoms with Crippen molar-refractivity contribution in [3.8, 4) is 0 Å². The van der Waals surface area contributed by atoms with E-state index in [1.165, 1.54) is 0 Å². The maximum atomic E-state index is 13.0. The number of hydrogen-bond donors (Lipinski definition) is 2. The fourth-order valence-electron chi connectivity index (χ4n) is 4.35. The van der Waals surface area contributed by atoms with Gasteiger partial charge in [0, 0.05) is 12.2 Å². The molecule has 34 heavy (non-hydrogen) atoms. The van der Waals surface area contributed by atoms with E-state index in [0.29, 0.717) is 37.2 Å². The van der Waals surface area contributed by atoms with Crippen molar-refractivity contribution < 1.29 is 24.2 Å². The molecule has 2 aromatic carbocycles. The van der Waals surface area contributed by atoms with Gasteiger partial charge in [-0.15, -0.1) is 0 Å². The van der Waals surface area contributed by atoms with Crippen molar-refractivity contribution in [1.29, 1.82) is 0 Å². The molecule has 2 aromatic rings. The minimum Gasteiger partial charge on any atom is -0.480 e. The number of hydrazine groups is 1. The lowest BCUT2D eigenvalue weighted by atomic mass is 10.0. The Morgan fingerprint density at radius 2 is 1.91 bits per heavy atom. The zero-order chi connectivity index (χ0) is 24.5. The Kier molecular flexibility index (Phi) is 9.04. The van der Waals surface area contributed by atoms with E-state index in [1.54, 1.807) is 23.8 Å². The van der Waals surface area contributed by atoms with Crippen molar-refractivity contribution in [2.24, 2.45) is 0 Å². The van der Waals surface area contributed by atoms with E-state index in [1.807, 2.05) is 54.6 Å². The van der Waals surface area contributed by atoms with Gasteiger partial charge in [-0.2, -0.15) is 0 Å². The molecule has 8 heteroatoms. The van der Waals surface area contributed by atoms with Crippen molar-refractivity contribution >= 4 is 29.6 Å². The maximum Gasteiger partial charge on any atom is 0.328 e. The monoisotopic (exact) mass is 467 g/mol. The zero-order valence-corrected chi connectivity index (χ0v) is 19.7. The number of aliphatic carboxylic acids is 1. The van der Waals surface area contributed by atoms with E-state index in [0.717, 1.165) is 18.3 Å². The molecular formula is C26H33N3O5. The van der Waals surface area contributed by atoms with E-state index in [9.17, 15) is 19.5 Å². The van der Waals surface area contributed by atoms with Gasteiger partial charge in [0.05, 0.1) is 18.3 Å². The van der Waals surface area contributed by atoms with Gasteiger partial charge < -0.3 is 19.5 Å². The Morgan fingerprint density at radius 3 is 2.53 bits per heavy atom. The number of nitrogens with zero attached hydrogens (tertiary/aromatic N) is 2. The Morgan fingerprint density at radius 1 is 1.21 bits per heavy atom. The lowest BCUT2D eigenvalue weighted by molar-refractivity contribution is -0.145. The first-order valence-electron chi connectivity index (χ1n) is 11.8. The summed E-state index contributed by atoms with van der Waals surface area (Å²) in [7, 11) is 0. The van der Waals surface area contributed by atoms with Crippen LogP contribution in [0.25, 0.3) is 0 Å². The van der Waals surface area contributed by atoms with Gasteiger partial charge in [-0.05, 0) is 69.4 Å². The van der Waals surface area contributed by atoms with Crippen LogP contribution in [0.15, 0.2) is 54.6 Å². The largest absolute Gasteiger partial charge is 0.480 e. The van der Waals surface area contributed by atoms with Crippen molar-refractivity contribution in [3.05, 3.63) is 60.2 Å². The second kappa shape index (κ2) is 12.2. The van der Waals surface area contributed by atoms with Crippen LogP contribution in [0.4, 0.5) is 11.4 Å². The highest BCUT2D eigenvalue weighted by Gasteiger charge is 2.32. The van der Waals surface area contributed by atoms with Crippen LogP contribution >= 0.6 is 0 Å². The van der Waals surface area contributed by atoms with Crippen LogP contribution in [-0.2, 0) is 25.5 Å². The molecular weight excluding hydrogens is 434 g/mol. The maximum absolute atomic E-state index is 13.0. The van der Waals surface area contributed by atoms with Gasteiger partial charge in [-0.3, -0.25) is 5.01 Å². The second-order valence-corrected chi connectivity index (χ2v) is 8.37. The minimum atomic E-state index is -0.879. The van der Waals surface area contributed by atoms with E-state index in [-0.39, 0.29) is 12.6 Å². The molecule has 3 rings (SSSR count). The number of hydrogen-bond acceptors (Lipinski definition) is 7. The number of aryl methyl sites for hydroxylation is 1. The van der Waals surface area contributed by atoms with Crippen molar-refractivity contribution in [3.63, 3.8) is 0 Å². The van der Waals surface area contributed by atoms with Crippen LogP contribution in [-0.4, -0.2) is 54.6 Å². The van der Waals surface area contributed by atoms with Crippen LogP contribution in [0.1, 0.15) is 38.7 Å². The lowest BCUT2D eigenvalue weighted by Gasteiger charge is -2.37. The van der Waals surface area contributed by atoms with Crippen LogP contribution in [0, 0.1) is 0 Å². The topological polar surface area (TPSA) is 99.2 Å². The quantitative estimate of drug-likeness (QED) is 0.384. The van der Waals surface area contributed by atoms with Crippen LogP contribution in [0.3, 0.4) is 0 Å². The minimum absolute atomic E-state index is 0.250. The Balaban J connectivity index is 1.88. The highest BCUT2D eigenvalue weighted by molar-refractivity contribution is 5.83. The number of carbonyl (C=O) groups excluding carboxylic acids is 2. The van der Waals surface area contributed by atoms with Gasteiger partial charge in [-0.1, -0.05) is 30.3 Å². The summed E-state index contributed by atoms with van der Waals surface area (Å²) < 4.78 is 5.37. The summed E-state index contributed by atoms with van der Waals surface area (Å²) >= 11 is 0. The molecule has 2 N–H and O–H groups in total. The molecule has 1 heterocycles. The first-order valence-corrected chi connectivity index (χ1v) is 11.8. The first kappa shape index (κ1) is 25.2. The fourth-order valence-corrected chi connectivity index (χ4v) is 4.35. The number of carboxylic acid groups (broad SMARTS) is 1.